The number of nitrogens with zero attached hydrogens (tertiary/aromatic N) is 1. The highest BCUT2D eigenvalue weighted by atomic mass is 16.4. The standard InChI is InChI=1S/C21H30N4O2.C6H6/c1-21(2,20(26)27)17-8-4-7-16(15-17)10-14-23-11-6-13-24-18-9-5-12-25-19(18)22-3;1-2-4-6-5-3-1/h4-5,7-9,12,15,23-24H,6,10-11,13-14H2,1-3H3,(H,22,25)(H,26,27);1-6H. The molecular formula is C27H36N4O2. The molecule has 0 aliphatic heterocycles. The van der Waals surface area contributed by atoms with Crippen molar-refractivity contribution in [2.45, 2.75) is 32.1 Å². The average Bonchev–Trinajstić information content (AvgIpc) is 2.85. The van der Waals surface area contributed by atoms with Gasteiger partial charge in [0, 0.05) is 19.8 Å². The smallest absolute Gasteiger partial charge is 0.313 e. The lowest BCUT2D eigenvalue weighted by molar-refractivity contribution is -0.142. The van der Waals surface area contributed by atoms with E-state index in [1.54, 1.807) is 20.0 Å². The number of benzene rings is 2. The van der Waals surface area contributed by atoms with Gasteiger partial charge in [-0.05, 0) is 63.0 Å². The Morgan fingerprint density at radius 1 is 0.939 bits per heavy atom. The first-order valence-electron chi connectivity index (χ1n) is 11.4. The van der Waals surface area contributed by atoms with Gasteiger partial charge in [0.25, 0.3) is 0 Å². The van der Waals surface area contributed by atoms with Gasteiger partial charge in [0.05, 0.1) is 11.1 Å². The molecule has 0 radical (unpaired) electrons. The van der Waals surface area contributed by atoms with Crippen molar-refractivity contribution in [3.63, 3.8) is 0 Å². The second-order valence-corrected chi connectivity index (χ2v) is 8.22. The van der Waals surface area contributed by atoms with Crippen LogP contribution in [-0.4, -0.2) is 42.7 Å². The molecule has 3 rings (SSSR count). The van der Waals surface area contributed by atoms with Crippen LogP contribution in [0.2, 0.25) is 0 Å². The van der Waals surface area contributed by atoms with Gasteiger partial charge in [-0.2, -0.15) is 0 Å². The minimum atomic E-state index is -0.867. The zero-order chi connectivity index (χ0) is 23.9. The summed E-state index contributed by atoms with van der Waals surface area (Å²) in [6.07, 6.45) is 3.65. The third-order valence-corrected chi connectivity index (χ3v) is 5.33. The van der Waals surface area contributed by atoms with Crippen LogP contribution >= 0.6 is 0 Å². The summed E-state index contributed by atoms with van der Waals surface area (Å²) in [5.74, 6) is 0.0509. The number of aromatic nitrogens is 1. The molecule has 3 aromatic rings. The quantitative estimate of drug-likeness (QED) is 0.315. The molecule has 6 heteroatoms. The Balaban J connectivity index is 0.000000554. The van der Waals surface area contributed by atoms with E-state index in [1.807, 2.05) is 79.8 Å². The van der Waals surface area contributed by atoms with E-state index in [0.29, 0.717) is 0 Å². The van der Waals surface area contributed by atoms with Crippen LogP contribution in [0.3, 0.4) is 0 Å². The van der Waals surface area contributed by atoms with Gasteiger partial charge in [-0.25, -0.2) is 4.98 Å². The first-order chi connectivity index (χ1) is 15.9. The maximum Gasteiger partial charge on any atom is 0.313 e. The third kappa shape index (κ3) is 8.94. The molecule has 0 saturated heterocycles. The summed E-state index contributed by atoms with van der Waals surface area (Å²) in [6.45, 7) is 6.13. The van der Waals surface area contributed by atoms with Crippen LogP contribution in [0, 0.1) is 0 Å². The van der Waals surface area contributed by atoms with Crippen molar-refractivity contribution >= 4 is 17.5 Å². The Labute approximate surface area is 197 Å². The predicted molar refractivity (Wildman–Crippen MR) is 137 cm³/mol. The molecule has 0 fully saturated rings. The summed E-state index contributed by atoms with van der Waals surface area (Å²) < 4.78 is 0. The SMILES string of the molecule is CNc1ncccc1NCCCNCCc1cccc(C(C)(C)C(=O)O)c1.c1ccccc1. The minimum Gasteiger partial charge on any atom is -0.481 e. The molecule has 0 aliphatic rings. The van der Waals surface area contributed by atoms with Crippen molar-refractivity contribution in [3.05, 3.63) is 90.1 Å². The monoisotopic (exact) mass is 448 g/mol. The summed E-state index contributed by atoms with van der Waals surface area (Å²) in [5.41, 5.74) is 2.14. The van der Waals surface area contributed by atoms with Crippen molar-refractivity contribution in [1.29, 1.82) is 0 Å². The Kier molecular flexibility index (Phi) is 10.9. The molecule has 33 heavy (non-hydrogen) atoms. The summed E-state index contributed by atoms with van der Waals surface area (Å²) in [6, 6.07) is 23.8. The molecule has 4 N–H and O–H groups in total. The molecule has 1 aromatic heterocycles. The largest absolute Gasteiger partial charge is 0.481 e. The first kappa shape index (κ1) is 25.9. The van der Waals surface area contributed by atoms with Crippen molar-refractivity contribution in [1.82, 2.24) is 10.3 Å². The van der Waals surface area contributed by atoms with Crippen LogP contribution in [0.4, 0.5) is 11.5 Å². The number of hydrogen-bond donors (Lipinski definition) is 4. The van der Waals surface area contributed by atoms with Crippen LogP contribution < -0.4 is 16.0 Å². The fourth-order valence-corrected chi connectivity index (χ4v) is 3.17. The second-order valence-electron chi connectivity index (χ2n) is 8.22. The molecule has 0 bridgehead atoms. The number of carboxylic acid groups (broad SMARTS) is 1. The fraction of sp³-hybridized carbons (Fsp3) is 0.333. The average molecular weight is 449 g/mol. The van der Waals surface area contributed by atoms with E-state index in [0.717, 1.165) is 55.1 Å². The summed E-state index contributed by atoms with van der Waals surface area (Å²) in [7, 11) is 1.86. The zero-order valence-electron chi connectivity index (χ0n) is 19.8. The van der Waals surface area contributed by atoms with Crippen molar-refractivity contribution in [3.8, 4) is 0 Å². The molecule has 0 saturated carbocycles. The Morgan fingerprint density at radius 2 is 1.64 bits per heavy atom. The van der Waals surface area contributed by atoms with Crippen LogP contribution in [0.5, 0.6) is 0 Å². The zero-order valence-corrected chi connectivity index (χ0v) is 19.8. The Hall–Kier alpha value is -3.38. The van der Waals surface area contributed by atoms with Crippen LogP contribution in [-0.2, 0) is 16.6 Å². The number of pyridine rings is 1. The van der Waals surface area contributed by atoms with Gasteiger partial charge in [-0.3, -0.25) is 4.79 Å². The van der Waals surface area contributed by atoms with E-state index < -0.39 is 11.4 Å². The van der Waals surface area contributed by atoms with Crippen molar-refractivity contribution in [2.75, 3.05) is 37.3 Å². The molecule has 0 aliphatic carbocycles. The minimum absolute atomic E-state index is 0.805. The maximum absolute atomic E-state index is 11.4. The number of carbonyl (C=O) groups is 1. The molecule has 0 unspecified atom stereocenters. The molecule has 0 spiro atoms. The van der Waals surface area contributed by atoms with E-state index in [2.05, 4.69) is 20.9 Å². The van der Waals surface area contributed by atoms with E-state index in [1.165, 1.54) is 0 Å². The molecule has 6 nitrogen and oxygen atoms in total. The summed E-state index contributed by atoms with van der Waals surface area (Å²) >= 11 is 0. The predicted octanol–water partition coefficient (Wildman–Crippen LogP) is 4.81. The number of nitrogens with one attached hydrogen (secondary N) is 3. The van der Waals surface area contributed by atoms with Gasteiger partial charge >= 0.3 is 5.97 Å². The molecular weight excluding hydrogens is 412 g/mol. The highest BCUT2D eigenvalue weighted by Crippen LogP contribution is 2.24. The number of anilines is 2. The van der Waals surface area contributed by atoms with Gasteiger partial charge in [0.1, 0.15) is 5.82 Å². The lowest BCUT2D eigenvalue weighted by Gasteiger charge is -2.20. The fourth-order valence-electron chi connectivity index (χ4n) is 3.17. The van der Waals surface area contributed by atoms with Crippen LogP contribution in [0.1, 0.15) is 31.4 Å². The summed E-state index contributed by atoms with van der Waals surface area (Å²) in [5, 5.41) is 19.3. The van der Waals surface area contributed by atoms with E-state index in [-0.39, 0.29) is 0 Å². The molecule has 0 atom stereocenters. The van der Waals surface area contributed by atoms with Crippen molar-refractivity contribution < 1.29 is 9.90 Å². The highest BCUT2D eigenvalue weighted by Gasteiger charge is 2.29. The highest BCUT2D eigenvalue weighted by molar-refractivity contribution is 5.80. The van der Waals surface area contributed by atoms with Gasteiger partial charge < -0.3 is 21.1 Å². The van der Waals surface area contributed by atoms with E-state index in [4.69, 9.17) is 0 Å². The molecule has 0 amide bonds. The topological polar surface area (TPSA) is 86.3 Å². The molecule has 1 heterocycles. The van der Waals surface area contributed by atoms with Crippen LogP contribution in [0.15, 0.2) is 79.0 Å². The molecule has 176 valence electrons. The second kappa shape index (κ2) is 13.9. The number of aliphatic carboxylic acids is 1. The number of rotatable bonds is 11. The Bertz CT molecular complexity index is 934. The first-order valence-corrected chi connectivity index (χ1v) is 11.4. The number of hydrogen-bond acceptors (Lipinski definition) is 5. The van der Waals surface area contributed by atoms with Crippen molar-refractivity contribution in [2.24, 2.45) is 0 Å². The lowest BCUT2D eigenvalue weighted by atomic mass is 9.84. The lowest BCUT2D eigenvalue weighted by Crippen LogP contribution is -2.28. The normalized spacial score (nSPS) is 10.6. The van der Waals surface area contributed by atoms with Gasteiger partial charge in [0.2, 0.25) is 0 Å². The van der Waals surface area contributed by atoms with E-state index in [9.17, 15) is 9.90 Å². The van der Waals surface area contributed by atoms with E-state index >= 15 is 0 Å². The van der Waals surface area contributed by atoms with Gasteiger partial charge in [-0.1, -0.05) is 60.7 Å². The maximum atomic E-state index is 11.4. The van der Waals surface area contributed by atoms with Gasteiger partial charge in [-0.15, -0.1) is 0 Å². The number of carboxylic acids is 1. The summed E-state index contributed by atoms with van der Waals surface area (Å²) in [4.78, 5) is 15.7. The van der Waals surface area contributed by atoms with Crippen LogP contribution in [0.25, 0.3) is 0 Å². The van der Waals surface area contributed by atoms with Gasteiger partial charge in [0.15, 0.2) is 0 Å². The molecule has 2 aromatic carbocycles. The third-order valence-electron chi connectivity index (χ3n) is 5.33. The Morgan fingerprint density at radius 3 is 2.27 bits per heavy atom.